The Bertz CT molecular complexity index is 698. The molecule has 1 aromatic heterocycles. The number of benzene rings is 1. The lowest BCUT2D eigenvalue weighted by Crippen LogP contribution is -2.51. The molecule has 1 aliphatic rings. The quantitative estimate of drug-likeness (QED) is 0.937. The van der Waals surface area contributed by atoms with Crippen LogP contribution >= 0.6 is 0 Å². The zero-order chi connectivity index (χ0) is 16.9. The third kappa shape index (κ3) is 3.64. The summed E-state index contributed by atoms with van der Waals surface area (Å²) in [7, 11) is 0. The van der Waals surface area contributed by atoms with E-state index in [1.165, 1.54) is 24.7 Å². The van der Waals surface area contributed by atoms with Gasteiger partial charge in [0, 0.05) is 13.1 Å². The summed E-state index contributed by atoms with van der Waals surface area (Å²) in [5.41, 5.74) is 1.27. The van der Waals surface area contributed by atoms with Crippen molar-refractivity contribution in [2.75, 3.05) is 6.54 Å². The van der Waals surface area contributed by atoms with Gasteiger partial charge in [-0.25, -0.2) is 4.39 Å². The molecule has 2 heterocycles. The summed E-state index contributed by atoms with van der Waals surface area (Å²) in [6.07, 6.45) is 5.26. The van der Waals surface area contributed by atoms with E-state index in [0.717, 1.165) is 18.4 Å². The van der Waals surface area contributed by atoms with Gasteiger partial charge in [-0.05, 0) is 43.0 Å². The molecular formula is C18H19FN2O3. The number of furan rings is 1. The molecular weight excluding hydrogens is 311 g/mol. The number of piperidine rings is 1. The summed E-state index contributed by atoms with van der Waals surface area (Å²) < 4.78 is 17.9. The van der Waals surface area contributed by atoms with Crippen LogP contribution in [0.5, 0.6) is 0 Å². The molecule has 24 heavy (non-hydrogen) atoms. The van der Waals surface area contributed by atoms with Crippen LogP contribution in [0.25, 0.3) is 0 Å². The van der Waals surface area contributed by atoms with Crippen LogP contribution in [0.1, 0.15) is 35.2 Å². The van der Waals surface area contributed by atoms with E-state index in [0.29, 0.717) is 25.1 Å². The van der Waals surface area contributed by atoms with Crippen molar-refractivity contribution in [2.24, 2.45) is 0 Å². The first-order valence-electron chi connectivity index (χ1n) is 8.00. The number of hydrogen-bond acceptors (Lipinski definition) is 3. The van der Waals surface area contributed by atoms with Crippen molar-refractivity contribution >= 4 is 11.8 Å². The zero-order valence-electron chi connectivity index (χ0n) is 13.2. The molecule has 3 rings (SSSR count). The minimum absolute atomic E-state index is 0.184. The Labute approximate surface area is 139 Å². The third-order valence-corrected chi connectivity index (χ3v) is 4.21. The monoisotopic (exact) mass is 330 g/mol. The van der Waals surface area contributed by atoms with Crippen LogP contribution in [0.2, 0.25) is 0 Å². The fourth-order valence-corrected chi connectivity index (χ4v) is 2.91. The summed E-state index contributed by atoms with van der Waals surface area (Å²) in [4.78, 5) is 26.7. The predicted octanol–water partition coefficient (Wildman–Crippen LogP) is 2.73. The molecule has 1 saturated heterocycles. The third-order valence-electron chi connectivity index (χ3n) is 4.21. The summed E-state index contributed by atoms with van der Waals surface area (Å²) in [6.45, 7) is 0.863. The van der Waals surface area contributed by atoms with Gasteiger partial charge < -0.3 is 14.6 Å². The molecule has 1 N–H and O–H groups in total. The average molecular weight is 330 g/mol. The first kappa shape index (κ1) is 16.2. The Morgan fingerprint density at radius 3 is 2.71 bits per heavy atom. The molecule has 1 fully saturated rings. The van der Waals surface area contributed by atoms with Gasteiger partial charge in [0.1, 0.15) is 18.1 Å². The molecule has 0 aliphatic carbocycles. The molecule has 126 valence electrons. The average Bonchev–Trinajstić information content (AvgIpc) is 3.15. The van der Waals surface area contributed by atoms with E-state index in [-0.39, 0.29) is 17.6 Å². The van der Waals surface area contributed by atoms with Gasteiger partial charge in [0.25, 0.3) is 5.91 Å². The van der Waals surface area contributed by atoms with Crippen molar-refractivity contribution in [3.05, 3.63) is 59.8 Å². The van der Waals surface area contributed by atoms with E-state index in [2.05, 4.69) is 5.32 Å². The number of halogens is 1. The van der Waals surface area contributed by atoms with Crippen molar-refractivity contribution in [3.8, 4) is 0 Å². The molecule has 2 aromatic rings. The molecule has 0 bridgehead atoms. The van der Waals surface area contributed by atoms with Gasteiger partial charge in [0.15, 0.2) is 0 Å². The molecule has 1 aromatic carbocycles. The molecule has 2 amide bonds. The molecule has 1 aliphatic heterocycles. The van der Waals surface area contributed by atoms with Crippen LogP contribution in [0.3, 0.4) is 0 Å². The highest BCUT2D eigenvalue weighted by Crippen LogP contribution is 2.20. The Hall–Kier alpha value is -2.63. The maximum Gasteiger partial charge on any atom is 0.257 e. The standard InChI is InChI=1S/C18H19FN2O3/c19-15-6-4-13(5-7-15)11-20-17(22)16-3-1-2-9-21(16)18(23)14-8-10-24-12-14/h4-8,10,12,16H,1-3,9,11H2,(H,20,22). The van der Waals surface area contributed by atoms with Gasteiger partial charge >= 0.3 is 0 Å². The first-order valence-corrected chi connectivity index (χ1v) is 8.00. The Balaban J connectivity index is 1.65. The smallest absolute Gasteiger partial charge is 0.257 e. The number of amides is 2. The van der Waals surface area contributed by atoms with Gasteiger partial charge in [-0.2, -0.15) is 0 Å². The topological polar surface area (TPSA) is 62.6 Å². The highest BCUT2D eigenvalue weighted by atomic mass is 19.1. The number of carbonyl (C=O) groups is 2. The van der Waals surface area contributed by atoms with E-state index in [1.54, 1.807) is 23.1 Å². The number of rotatable bonds is 4. The summed E-state index contributed by atoms with van der Waals surface area (Å²) in [6, 6.07) is 7.09. The van der Waals surface area contributed by atoms with Crippen molar-refractivity contribution in [3.63, 3.8) is 0 Å². The van der Waals surface area contributed by atoms with Crippen LogP contribution in [-0.4, -0.2) is 29.3 Å². The van der Waals surface area contributed by atoms with Gasteiger partial charge in [-0.1, -0.05) is 12.1 Å². The van der Waals surface area contributed by atoms with Gasteiger partial charge in [-0.15, -0.1) is 0 Å². The SMILES string of the molecule is O=C(NCc1ccc(F)cc1)C1CCCCN1C(=O)c1ccoc1. The molecule has 0 radical (unpaired) electrons. The highest BCUT2D eigenvalue weighted by Gasteiger charge is 2.32. The molecule has 6 heteroatoms. The zero-order valence-corrected chi connectivity index (χ0v) is 13.2. The summed E-state index contributed by atoms with van der Waals surface area (Å²) >= 11 is 0. The second kappa shape index (κ2) is 7.29. The van der Waals surface area contributed by atoms with Crippen molar-refractivity contribution in [1.29, 1.82) is 0 Å². The van der Waals surface area contributed by atoms with Crippen molar-refractivity contribution in [1.82, 2.24) is 10.2 Å². The molecule has 0 saturated carbocycles. The van der Waals surface area contributed by atoms with Gasteiger partial charge in [0.2, 0.25) is 5.91 Å². The number of nitrogens with zero attached hydrogens (tertiary/aromatic N) is 1. The van der Waals surface area contributed by atoms with E-state index in [4.69, 9.17) is 4.42 Å². The van der Waals surface area contributed by atoms with Crippen molar-refractivity contribution < 1.29 is 18.4 Å². The molecule has 0 spiro atoms. The maximum atomic E-state index is 12.9. The second-order valence-corrected chi connectivity index (χ2v) is 5.87. The molecule has 1 unspecified atom stereocenters. The lowest BCUT2D eigenvalue weighted by molar-refractivity contribution is -0.126. The number of carbonyl (C=O) groups excluding carboxylic acids is 2. The van der Waals surface area contributed by atoms with Gasteiger partial charge in [0.05, 0.1) is 11.8 Å². The van der Waals surface area contributed by atoms with Crippen LogP contribution in [0.4, 0.5) is 4.39 Å². The van der Waals surface area contributed by atoms with E-state index < -0.39 is 6.04 Å². The van der Waals surface area contributed by atoms with E-state index in [9.17, 15) is 14.0 Å². The lowest BCUT2D eigenvalue weighted by atomic mass is 10.0. The van der Waals surface area contributed by atoms with Crippen LogP contribution in [0.15, 0.2) is 47.3 Å². The molecule has 1 atom stereocenters. The van der Waals surface area contributed by atoms with Crippen LogP contribution < -0.4 is 5.32 Å². The number of nitrogens with one attached hydrogen (secondary N) is 1. The van der Waals surface area contributed by atoms with E-state index >= 15 is 0 Å². The Kier molecular flexibility index (Phi) is 4.93. The van der Waals surface area contributed by atoms with Crippen LogP contribution in [-0.2, 0) is 11.3 Å². The minimum Gasteiger partial charge on any atom is -0.472 e. The molecule has 5 nitrogen and oxygen atoms in total. The number of hydrogen-bond donors (Lipinski definition) is 1. The highest BCUT2D eigenvalue weighted by molar-refractivity contribution is 5.97. The Morgan fingerprint density at radius 2 is 2.00 bits per heavy atom. The van der Waals surface area contributed by atoms with Crippen LogP contribution in [0, 0.1) is 5.82 Å². The normalized spacial score (nSPS) is 17.5. The van der Waals surface area contributed by atoms with E-state index in [1.807, 2.05) is 0 Å². The predicted molar refractivity (Wildman–Crippen MR) is 85.6 cm³/mol. The van der Waals surface area contributed by atoms with Gasteiger partial charge in [-0.3, -0.25) is 9.59 Å². The second-order valence-electron chi connectivity index (χ2n) is 5.87. The fraction of sp³-hybridized carbons (Fsp3) is 0.333. The Morgan fingerprint density at radius 1 is 1.21 bits per heavy atom. The summed E-state index contributed by atoms with van der Waals surface area (Å²) in [5.74, 6) is -0.685. The van der Waals surface area contributed by atoms with Crippen molar-refractivity contribution in [2.45, 2.75) is 31.8 Å². The summed E-state index contributed by atoms with van der Waals surface area (Å²) in [5, 5.41) is 2.84. The minimum atomic E-state index is -0.485. The fourth-order valence-electron chi connectivity index (χ4n) is 2.91. The maximum absolute atomic E-state index is 12.9. The number of likely N-dealkylation sites (tertiary alicyclic amines) is 1. The largest absolute Gasteiger partial charge is 0.472 e. The first-order chi connectivity index (χ1) is 11.6. The lowest BCUT2D eigenvalue weighted by Gasteiger charge is -2.34.